The molecule has 0 atom stereocenters. The molecule has 29 heavy (non-hydrogen) atoms. The predicted octanol–water partition coefficient (Wildman–Crippen LogP) is 4.35. The number of fused-ring (bicyclic) bond motifs is 1. The summed E-state index contributed by atoms with van der Waals surface area (Å²) in [4.78, 5) is 26.8. The molecular weight excluding hydrogens is 382 g/mol. The smallest absolute Gasteiger partial charge is 0.255 e. The molecule has 0 bridgehead atoms. The number of carbonyl (C=O) groups excluding carboxylic acids is 2. The highest BCUT2D eigenvalue weighted by Gasteiger charge is 2.26. The molecule has 2 amide bonds. The number of nitrogens with one attached hydrogen (secondary N) is 2. The number of para-hydroxylation sites is 1. The van der Waals surface area contributed by atoms with Crippen LogP contribution >= 0.6 is 11.3 Å². The molecule has 4 rings (SSSR count). The summed E-state index contributed by atoms with van der Waals surface area (Å²) in [6.07, 6.45) is 8.97. The lowest BCUT2D eigenvalue weighted by atomic mass is 9.95. The van der Waals surface area contributed by atoms with Crippen LogP contribution in [0.1, 0.15) is 46.1 Å². The first-order valence-electron chi connectivity index (χ1n) is 10.1. The Kier molecular flexibility index (Phi) is 5.81. The molecule has 0 fully saturated rings. The molecule has 0 radical (unpaired) electrons. The van der Waals surface area contributed by atoms with Gasteiger partial charge in [-0.3, -0.25) is 9.59 Å². The van der Waals surface area contributed by atoms with E-state index < -0.39 is 0 Å². The van der Waals surface area contributed by atoms with Crippen LogP contribution in [0.3, 0.4) is 0 Å². The molecule has 0 unspecified atom stereocenters. The van der Waals surface area contributed by atoms with Crippen LogP contribution in [-0.4, -0.2) is 22.9 Å². The number of aromatic nitrogens is 1. The first-order chi connectivity index (χ1) is 14.2. The van der Waals surface area contributed by atoms with Crippen molar-refractivity contribution in [2.45, 2.75) is 39.0 Å². The minimum absolute atomic E-state index is 0.0490. The maximum Gasteiger partial charge on any atom is 0.255 e. The van der Waals surface area contributed by atoms with Gasteiger partial charge in [0.25, 0.3) is 5.91 Å². The molecular formula is C23H25N3O2S. The van der Waals surface area contributed by atoms with E-state index in [1.54, 1.807) is 11.3 Å². The number of nitrogens with zero attached hydrogens (tertiary/aromatic N) is 1. The quantitative estimate of drug-likeness (QED) is 0.638. The van der Waals surface area contributed by atoms with E-state index in [1.807, 2.05) is 53.4 Å². The molecule has 2 aromatic heterocycles. The molecule has 0 saturated heterocycles. The third-order valence-corrected chi connectivity index (χ3v) is 6.61. The lowest BCUT2D eigenvalue weighted by Gasteiger charge is -2.14. The van der Waals surface area contributed by atoms with Crippen LogP contribution in [0.2, 0.25) is 0 Å². The Labute approximate surface area is 174 Å². The fourth-order valence-electron chi connectivity index (χ4n) is 3.83. The van der Waals surface area contributed by atoms with Crippen LogP contribution in [-0.2, 0) is 24.1 Å². The summed E-state index contributed by atoms with van der Waals surface area (Å²) in [5.74, 6) is -0.391. The van der Waals surface area contributed by atoms with E-state index in [0.29, 0.717) is 0 Å². The molecule has 2 heterocycles. The first kappa shape index (κ1) is 19.5. The Hall–Kier alpha value is -2.86. The Morgan fingerprint density at radius 2 is 1.83 bits per heavy atom. The lowest BCUT2D eigenvalue weighted by molar-refractivity contribution is -0.115. The molecule has 0 saturated carbocycles. The summed E-state index contributed by atoms with van der Waals surface area (Å²) in [5, 5.41) is 6.69. The van der Waals surface area contributed by atoms with Crippen LogP contribution < -0.4 is 10.6 Å². The minimum atomic E-state index is -0.217. The second-order valence-corrected chi connectivity index (χ2v) is 8.31. The van der Waals surface area contributed by atoms with E-state index in [4.69, 9.17) is 0 Å². The van der Waals surface area contributed by atoms with Crippen molar-refractivity contribution in [3.63, 3.8) is 0 Å². The molecule has 150 valence electrons. The summed E-state index contributed by atoms with van der Waals surface area (Å²) in [6.45, 7) is 2.00. The van der Waals surface area contributed by atoms with Gasteiger partial charge in [-0.1, -0.05) is 25.1 Å². The zero-order valence-corrected chi connectivity index (χ0v) is 17.3. The van der Waals surface area contributed by atoms with E-state index in [0.717, 1.165) is 53.1 Å². The molecule has 5 nitrogen and oxygen atoms in total. The molecule has 6 heteroatoms. The van der Waals surface area contributed by atoms with Gasteiger partial charge in [-0.2, -0.15) is 0 Å². The predicted molar refractivity (Wildman–Crippen MR) is 117 cm³/mol. The lowest BCUT2D eigenvalue weighted by Crippen LogP contribution is -2.33. The zero-order chi connectivity index (χ0) is 20.2. The van der Waals surface area contributed by atoms with Crippen molar-refractivity contribution in [3.05, 3.63) is 70.4 Å². The van der Waals surface area contributed by atoms with Gasteiger partial charge >= 0.3 is 0 Å². The van der Waals surface area contributed by atoms with Crippen molar-refractivity contribution >= 4 is 28.8 Å². The van der Waals surface area contributed by atoms with E-state index in [2.05, 4.69) is 17.6 Å². The van der Waals surface area contributed by atoms with Gasteiger partial charge in [0.15, 0.2) is 0 Å². The number of rotatable bonds is 6. The number of amides is 2. The Balaban J connectivity index is 1.50. The van der Waals surface area contributed by atoms with E-state index in [9.17, 15) is 9.59 Å². The average Bonchev–Trinajstić information content (AvgIpc) is 3.40. The van der Waals surface area contributed by atoms with Gasteiger partial charge in [0, 0.05) is 23.0 Å². The number of anilines is 1. The number of hydrogen-bond acceptors (Lipinski definition) is 3. The molecule has 2 N–H and O–H groups in total. The maximum absolute atomic E-state index is 13.1. The summed E-state index contributed by atoms with van der Waals surface area (Å²) in [7, 11) is 0. The van der Waals surface area contributed by atoms with E-state index in [-0.39, 0.29) is 18.4 Å². The Bertz CT molecular complexity index is 1020. The average molecular weight is 408 g/mol. The van der Waals surface area contributed by atoms with Gasteiger partial charge in [0.05, 0.1) is 12.1 Å². The highest BCUT2D eigenvalue weighted by Crippen LogP contribution is 2.36. The van der Waals surface area contributed by atoms with Crippen LogP contribution in [0.25, 0.3) is 5.00 Å². The fourth-order valence-corrected chi connectivity index (χ4v) is 5.18. The molecule has 1 aliphatic carbocycles. The zero-order valence-electron chi connectivity index (χ0n) is 16.5. The Morgan fingerprint density at radius 3 is 2.62 bits per heavy atom. The number of aryl methyl sites for hydroxylation is 2. The van der Waals surface area contributed by atoms with Crippen molar-refractivity contribution < 1.29 is 9.59 Å². The van der Waals surface area contributed by atoms with Gasteiger partial charge in [-0.05, 0) is 61.4 Å². The molecule has 0 spiro atoms. The SMILES string of the molecule is CCc1ccccc1NC(=O)CNC(=O)c1c(-n2cccc2)sc2c1CCCC2. The third-order valence-electron chi connectivity index (χ3n) is 5.30. The standard InChI is InChI=1S/C23H25N3O2S/c1-2-16-9-3-5-11-18(16)25-20(27)15-24-22(28)21-17-10-4-6-12-19(17)29-23(21)26-13-7-8-14-26/h3,5,7-9,11,13-14H,2,4,6,10,12,15H2,1H3,(H,24,28)(H,25,27). The van der Waals surface area contributed by atoms with Crippen LogP contribution in [0, 0.1) is 0 Å². The number of hydrogen-bond donors (Lipinski definition) is 2. The fraction of sp³-hybridized carbons (Fsp3) is 0.304. The van der Waals surface area contributed by atoms with Crippen molar-refractivity contribution in [2.75, 3.05) is 11.9 Å². The van der Waals surface area contributed by atoms with Crippen LogP contribution in [0.4, 0.5) is 5.69 Å². The van der Waals surface area contributed by atoms with E-state index >= 15 is 0 Å². The van der Waals surface area contributed by atoms with Crippen LogP contribution in [0.5, 0.6) is 0 Å². The number of benzene rings is 1. The van der Waals surface area contributed by atoms with Gasteiger partial charge in [-0.25, -0.2) is 0 Å². The van der Waals surface area contributed by atoms with Crippen LogP contribution in [0.15, 0.2) is 48.8 Å². The van der Waals surface area contributed by atoms with Gasteiger partial charge < -0.3 is 15.2 Å². The van der Waals surface area contributed by atoms with E-state index in [1.165, 1.54) is 11.3 Å². The summed E-state index contributed by atoms with van der Waals surface area (Å²) in [5.41, 5.74) is 3.76. The number of carbonyl (C=O) groups is 2. The minimum Gasteiger partial charge on any atom is -0.343 e. The second kappa shape index (κ2) is 8.66. The molecule has 0 aliphatic heterocycles. The Morgan fingerprint density at radius 1 is 1.07 bits per heavy atom. The normalized spacial score (nSPS) is 13.0. The summed E-state index contributed by atoms with van der Waals surface area (Å²) in [6, 6.07) is 11.7. The molecule has 3 aromatic rings. The second-order valence-electron chi connectivity index (χ2n) is 7.22. The van der Waals surface area contributed by atoms with Crippen molar-refractivity contribution in [1.82, 2.24) is 9.88 Å². The van der Waals surface area contributed by atoms with Gasteiger partial charge in [-0.15, -0.1) is 11.3 Å². The van der Waals surface area contributed by atoms with Gasteiger partial charge in [0.2, 0.25) is 5.91 Å². The monoisotopic (exact) mass is 407 g/mol. The molecule has 1 aromatic carbocycles. The van der Waals surface area contributed by atoms with Crippen molar-refractivity contribution in [2.24, 2.45) is 0 Å². The van der Waals surface area contributed by atoms with Gasteiger partial charge in [0.1, 0.15) is 5.00 Å². The number of thiophene rings is 1. The largest absolute Gasteiger partial charge is 0.343 e. The highest BCUT2D eigenvalue weighted by atomic mass is 32.1. The third kappa shape index (κ3) is 4.12. The first-order valence-corrected chi connectivity index (χ1v) is 10.9. The molecule has 1 aliphatic rings. The summed E-state index contributed by atoms with van der Waals surface area (Å²) >= 11 is 1.69. The van der Waals surface area contributed by atoms with Crippen molar-refractivity contribution in [3.8, 4) is 5.00 Å². The topological polar surface area (TPSA) is 63.1 Å². The highest BCUT2D eigenvalue weighted by molar-refractivity contribution is 7.15. The van der Waals surface area contributed by atoms with Crippen molar-refractivity contribution in [1.29, 1.82) is 0 Å². The maximum atomic E-state index is 13.1. The summed E-state index contributed by atoms with van der Waals surface area (Å²) < 4.78 is 2.00.